The number of carbonyl (C=O) groups is 1. The molecule has 23 heavy (non-hydrogen) atoms. The fourth-order valence-electron chi connectivity index (χ4n) is 2.03. The molecule has 2 aromatic rings. The summed E-state index contributed by atoms with van der Waals surface area (Å²) in [5, 5.41) is 4.09. The van der Waals surface area contributed by atoms with Gasteiger partial charge in [-0.1, -0.05) is 32.9 Å². The van der Waals surface area contributed by atoms with Crippen molar-refractivity contribution in [3.8, 4) is 0 Å². The second-order valence-electron chi connectivity index (χ2n) is 6.26. The molecular formula is C16H21N3O3S. The molecule has 0 fully saturated rings. The third kappa shape index (κ3) is 4.27. The average Bonchev–Trinajstić information content (AvgIpc) is 2.49. The van der Waals surface area contributed by atoms with E-state index in [4.69, 9.17) is 0 Å². The topological polar surface area (TPSA) is 88.2 Å². The predicted octanol–water partition coefficient (Wildman–Crippen LogP) is 1.68. The summed E-state index contributed by atoms with van der Waals surface area (Å²) < 4.78 is 27.4. The van der Waals surface area contributed by atoms with E-state index in [1.54, 1.807) is 51.4 Å². The maximum Gasteiger partial charge on any atom is 0.241 e. The number of nitrogens with one attached hydrogen (secondary N) is 2. The fraction of sp³-hybridized carbons (Fsp3) is 0.375. The van der Waals surface area contributed by atoms with Crippen molar-refractivity contribution in [2.75, 3.05) is 13.1 Å². The molecule has 0 aliphatic heterocycles. The highest BCUT2D eigenvalue weighted by molar-refractivity contribution is 7.89. The zero-order valence-corrected chi connectivity index (χ0v) is 14.3. The Morgan fingerprint density at radius 3 is 2.61 bits per heavy atom. The number of rotatable bonds is 5. The average molecular weight is 335 g/mol. The highest BCUT2D eigenvalue weighted by Crippen LogP contribution is 2.21. The molecule has 1 amide bonds. The number of fused-ring (bicyclic) bond motifs is 1. The highest BCUT2D eigenvalue weighted by Gasteiger charge is 2.21. The normalized spacial score (nSPS) is 12.3. The minimum absolute atomic E-state index is 0.118. The van der Waals surface area contributed by atoms with E-state index in [1.807, 2.05) is 6.07 Å². The first-order valence-electron chi connectivity index (χ1n) is 7.32. The lowest BCUT2D eigenvalue weighted by Gasteiger charge is -2.17. The van der Waals surface area contributed by atoms with Gasteiger partial charge in [0.15, 0.2) is 0 Å². The van der Waals surface area contributed by atoms with Crippen molar-refractivity contribution in [1.29, 1.82) is 0 Å². The van der Waals surface area contributed by atoms with Gasteiger partial charge in [-0.2, -0.15) is 0 Å². The number of hydrogen-bond acceptors (Lipinski definition) is 4. The molecule has 1 aromatic carbocycles. The molecule has 0 aliphatic rings. The molecule has 0 unspecified atom stereocenters. The SMILES string of the molecule is CC(C)(C)C(=O)NCCNS(=O)(=O)c1cccc2cnccc12. The van der Waals surface area contributed by atoms with Gasteiger partial charge >= 0.3 is 0 Å². The molecular weight excluding hydrogens is 314 g/mol. The van der Waals surface area contributed by atoms with Crippen LogP contribution in [0.15, 0.2) is 41.6 Å². The monoisotopic (exact) mass is 335 g/mol. The van der Waals surface area contributed by atoms with E-state index in [1.165, 1.54) is 0 Å². The van der Waals surface area contributed by atoms with E-state index >= 15 is 0 Å². The van der Waals surface area contributed by atoms with Crippen molar-refractivity contribution >= 4 is 26.7 Å². The first kappa shape index (κ1) is 17.4. The highest BCUT2D eigenvalue weighted by atomic mass is 32.2. The van der Waals surface area contributed by atoms with Crippen molar-refractivity contribution in [2.45, 2.75) is 25.7 Å². The number of aromatic nitrogens is 1. The summed E-state index contributed by atoms with van der Waals surface area (Å²) in [7, 11) is -3.65. The van der Waals surface area contributed by atoms with Gasteiger partial charge in [-0.15, -0.1) is 0 Å². The molecule has 124 valence electrons. The lowest BCUT2D eigenvalue weighted by Crippen LogP contribution is -2.39. The Bertz CT molecular complexity index is 805. The number of nitrogens with zero attached hydrogens (tertiary/aromatic N) is 1. The van der Waals surface area contributed by atoms with E-state index < -0.39 is 15.4 Å². The lowest BCUT2D eigenvalue weighted by atomic mass is 9.96. The van der Waals surface area contributed by atoms with Crippen LogP contribution < -0.4 is 10.0 Å². The number of benzene rings is 1. The van der Waals surface area contributed by atoms with Crippen LogP contribution >= 0.6 is 0 Å². The molecule has 1 heterocycles. The molecule has 7 heteroatoms. The molecule has 1 aromatic heterocycles. The van der Waals surface area contributed by atoms with Crippen molar-refractivity contribution in [1.82, 2.24) is 15.0 Å². The van der Waals surface area contributed by atoms with Gasteiger partial charge in [-0.25, -0.2) is 13.1 Å². The summed E-state index contributed by atoms with van der Waals surface area (Å²) in [6, 6.07) is 6.72. The summed E-state index contributed by atoms with van der Waals surface area (Å²) >= 11 is 0. The third-order valence-electron chi connectivity index (χ3n) is 3.31. The summed E-state index contributed by atoms with van der Waals surface area (Å²) in [5.74, 6) is -0.118. The molecule has 0 saturated carbocycles. The van der Waals surface area contributed by atoms with Gasteiger partial charge in [0.05, 0.1) is 4.90 Å². The Labute approximate surface area is 136 Å². The van der Waals surface area contributed by atoms with E-state index in [0.29, 0.717) is 5.39 Å². The van der Waals surface area contributed by atoms with Crippen LogP contribution in [0.25, 0.3) is 10.8 Å². The third-order valence-corrected chi connectivity index (χ3v) is 4.83. The molecule has 0 saturated heterocycles. The van der Waals surface area contributed by atoms with Crippen LogP contribution in [0.2, 0.25) is 0 Å². The zero-order valence-electron chi connectivity index (χ0n) is 13.5. The van der Waals surface area contributed by atoms with Gasteiger partial charge in [-0.05, 0) is 12.1 Å². The van der Waals surface area contributed by atoms with Crippen LogP contribution in [0.5, 0.6) is 0 Å². The van der Waals surface area contributed by atoms with Crippen LogP contribution in [0.3, 0.4) is 0 Å². The van der Waals surface area contributed by atoms with Crippen LogP contribution in [-0.4, -0.2) is 32.4 Å². The molecule has 2 N–H and O–H groups in total. The van der Waals surface area contributed by atoms with Crippen LogP contribution in [0, 0.1) is 5.41 Å². The van der Waals surface area contributed by atoms with E-state index in [0.717, 1.165) is 5.39 Å². The number of sulfonamides is 1. The fourth-order valence-corrected chi connectivity index (χ4v) is 3.29. The first-order chi connectivity index (χ1) is 10.7. The van der Waals surface area contributed by atoms with E-state index in [2.05, 4.69) is 15.0 Å². The molecule has 0 bridgehead atoms. The van der Waals surface area contributed by atoms with Gasteiger partial charge in [0.1, 0.15) is 0 Å². The molecule has 0 atom stereocenters. The summed E-state index contributed by atoms with van der Waals surface area (Å²) in [4.78, 5) is 15.9. The zero-order chi connectivity index (χ0) is 17.1. The Morgan fingerprint density at radius 1 is 1.17 bits per heavy atom. The minimum atomic E-state index is -3.65. The molecule has 0 aliphatic carbocycles. The second kappa shape index (κ2) is 6.64. The maximum absolute atomic E-state index is 12.4. The summed E-state index contributed by atoms with van der Waals surface area (Å²) in [6.07, 6.45) is 3.18. The van der Waals surface area contributed by atoms with Crippen LogP contribution in [0.1, 0.15) is 20.8 Å². The number of hydrogen-bond donors (Lipinski definition) is 2. The molecule has 0 radical (unpaired) electrons. The first-order valence-corrected chi connectivity index (χ1v) is 8.81. The summed E-state index contributed by atoms with van der Waals surface area (Å²) in [6.45, 7) is 5.78. The van der Waals surface area contributed by atoms with E-state index in [9.17, 15) is 13.2 Å². The van der Waals surface area contributed by atoms with Crippen molar-refractivity contribution < 1.29 is 13.2 Å². The minimum Gasteiger partial charge on any atom is -0.354 e. The van der Waals surface area contributed by atoms with Crippen LogP contribution in [-0.2, 0) is 14.8 Å². The quantitative estimate of drug-likeness (QED) is 0.814. The number of carbonyl (C=O) groups excluding carboxylic acids is 1. The Kier molecular flexibility index (Phi) is 5.01. The van der Waals surface area contributed by atoms with Gasteiger partial charge < -0.3 is 5.32 Å². The maximum atomic E-state index is 12.4. The molecule has 0 spiro atoms. The Hall–Kier alpha value is -1.99. The van der Waals surface area contributed by atoms with Crippen molar-refractivity contribution in [3.05, 3.63) is 36.7 Å². The number of amides is 1. The van der Waals surface area contributed by atoms with Gasteiger partial charge in [0, 0.05) is 41.7 Å². The Morgan fingerprint density at radius 2 is 1.91 bits per heavy atom. The number of pyridine rings is 1. The lowest BCUT2D eigenvalue weighted by molar-refractivity contribution is -0.128. The van der Waals surface area contributed by atoms with Crippen molar-refractivity contribution in [3.63, 3.8) is 0 Å². The predicted molar refractivity (Wildman–Crippen MR) is 89.4 cm³/mol. The largest absolute Gasteiger partial charge is 0.354 e. The van der Waals surface area contributed by atoms with Crippen molar-refractivity contribution in [2.24, 2.45) is 5.41 Å². The second-order valence-corrected chi connectivity index (χ2v) is 7.99. The smallest absolute Gasteiger partial charge is 0.241 e. The molecule has 2 rings (SSSR count). The van der Waals surface area contributed by atoms with Gasteiger partial charge in [0.25, 0.3) is 0 Å². The Balaban J connectivity index is 2.06. The van der Waals surface area contributed by atoms with Crippen LogP contribution in [0.4, 0.5) is 0 Å². The molecule has 6 nitrogen and oxygen atoms in total. The standard InChI is InChI=1S/C16H21N3O3S/c1-16(2,3)15(20)18-9-10-19-23(21,22)14-6-4-5-12-11-17-8-7-13(12)14/h4-8,11,19H,9-10H2,1-3H3,(H,18,20). The van der Waals surface area contributed by atoms with Gasteiger partial charge in [-0.3, -0.25) is 9.78 Å². The summed E-state index contributed by atoms with van der Waals surface area (Å²) in [5.41, 5.74) is -0.499. The van der Waals surface area contributed by atoms with E-state index in [-0.39, 0.29) is 23.9 Å². The van der Waals surface area contributed by atoms with Gasteiger partial charge in [0.2, 0.25) is 15.9 Å².